The topological polar surface area (TPSA) is 46.6 Å². The first-order valence-corrected chi connectivity index (χ1v) is 5.86. The maximum absolute atomic E-state index is 10.6. The van der Waals surface area contributed by atoms with E-state index in [1.807, 2.05) is 12.1 Å². The van der Waals surface area contributed by atoms with Gasteiger partial charge in [0.25, 0.3) is 0 Å². The van der Waals surface area contributed by atoms with Crippen LogP contribution in [0.3, 0.4) is 0 Å². The normalized spacial score (nSPS) is 17.2. The first-order valence-electron chi connectivity index (χ1n) is 5.86. The van der Waals surface area contributed by atoms with E-state index in [-0.39, 0.29) is 24.4 Å². The van der Waals surface area contributed by atoms with E-state index >= 15 is 0 Å². The van der Waals surface area contributed by atoms with Crippen LogP contribution in [-0.4, -0.2) is 49.0 Å². The molecular weight excluding hydrogens is 223 g/mol. The van der Waals surface area contributed by atoms with Crippen LogP contribution >= 0.6 is 0 Å². The molecule has 92 valence electrons. The Hall–Kier alpha value is -0.793. The molecular formula is C13H17LiN2O2. The van der Waals surface area contributed by atoms with Crippen molar-refractivity contribution >= 4 is 5.97 Å². The maximum atomic E-state index is 10.6. The van der Waals surface area contributed by atoms with Crippen LogP contribution in [0.1, 0.15) is 15.9 Å². The number of rotatable bonds is 3. The minimum absolute atomic E-state index is 0. The van der Waals surface area contributed by atoms with Crippen LogP contribution in [0.2, 0.25) is 0 Å². The molecule has 0 aromatic heterocycles. The molecule has 0 saturated carbocycles. The van der Waals surface area contributed by atoms with Gasteiger partial charge in [-0.2, -0.15) is 0 Å². The van der Waals surface area contributed by atoms with E-state index in [1.54, 1.807) is 12.1 Å². The average Bonchev–Trinajstić information content (AvgIpc) is 2.33. The molecule has 1 aliphatic heterocycles. The van der Waals surface area contributed by atoms with Crippen LogP contribution in [0.15, 0.2) is 24.3 Å². The largest absolute Gasteiger partial charge is 1.00 e. The van der Waals surface area contributed by atoms with E-state index in [2.05, 4.69) is 16.8 Å². The van der Waals surface area contributed by atoms with Crippen molar-refractivity contribution in [1.29, 1.82) is 0 Å². The van der Waals surface area contributed by atoms with Crippen LogP contribution in [0, 0.1) is 0 Å². The third-order valence-electron chi connectivity index (χ3n) is 3.19. The second-order valence-corrected chi connectivity index (χ2v) is 4.56. The van der Waals surface area contributed by atoms with E-state index in [9.17, 15) is 9.90 Å². The van der Waals surface area contributed by atoms with Gasteiger partial charge in [-0.3, -0.25) is 4.90 Å². The molecule has 0 amide bonds. The Kier molecular flexibility index (Phi) is 5.90. The van der Waals surface area contributed by atoms with Crippen molar-refractivity contribution in [2.45, 2.75) is 6.54 Å². The van der Waals surface area contributed by atoms with Crippen LogP contribution < -0.4 is 24.0 Å². The van der Waals surface area contributed by atoms with E-state index in [1.165, 1.54) is 0 Å². The first kappa shape index (κ1) is 15.3. The first-order chi connectivity index (χ1) is 8.15. The van der Waals surface area contributed by atoms with Gasteiger partial charge in [0.05, 0.1) is 5.97 Å². The SMILES string of the molecule is CN1CCN(Cc2ccc(C(=O)[O-])cc2)CC1.[Li+]. The van der Waals surface area contributed by atoms with Crippen molar-refractivity contribution in [2.24, 2.45) is 0 Å². The molecule has 0 unspecified atom stereocenters. The van der Waals surface area contributed by atoms with Gasteiger partial charge in [-0.05, 0) is 18.2 Å². The number of hydrogen-bond donors (Lipinski definition) is 0. The number of hydrogen-bond acceptors (Lipinski definition) is 4. The molecule has 1 saturated heterocycles. The summed E-state index contributed by atoms with van der Waals surface area (Å²) in [5.41, 5.74) is 1.40. The molecule has 1 fully saturated rings. The van der Waals surface area contributed by atoms with Gasteiger partial charge in [0.15, 0.2) is 0 Å². The summed E-state index contributed by atoms with van der Waals surface area (Å²) in [7, 11) is 2.13. The summed E-state index contributed by atoms with van der Waals surface area (Å²) >= 11 is 0. The minimum atomic E-state index is -1.11. The zero-order valence-corrected chi connectivity index (χ0v) is 11.1. The van der Waals surface area contributed by atoms with Crippen molar-refractivity contribution in [2.75, 3.05) is 33.2 Å². The Bertz CT molecular complexity index is 386. The van der Waals surface area contributed by atoms with E-state index in [0.717, 1.165) is 38.3 Å². The Morgan fingerprint density at radius 3 is 2.22 bits per heavy atom. The van der Waals surface area contributed by atoms with Gasteiger partial charge in [0, 0.05) is 32.7 Å². The molecule has 2 rings (SSSR count). The van der Waals surface area contributed by atoms with Crippen molar-refractivity contribution in [3.05, 3.63) is 35.4 Å². The zero-order chi connectivity index (χ0) is 12.3. The molecule has 1 aliphatic rings. The van der Waals surface area contributed by atoms with Crippen LogP contribution in [-0.2, 0) is 6.54 Å². The molecule has 1 aromatic rings. The Labute approximate surface area is 120 Å². The standard InChI is InChI=1S/C13H18N2O2.Li/c1-14-6-8-15(9-7-14)10-11-2-4-12(5-3-11)13(16)17;/h2-5H,6-10H2,1H3,(H,16,17);/q;+1/p-1. The second kappa shape index (κ2) is 6.96. The third-order valence-corrected chi connectivity index (χ3v) is 3.19. The quantitative estimate of drug-likeness (QED) is 0.522. The van der Waals surface area contributed by atoms with E-state index < -0.39 is 5.97 Å². The van der Waals surface area contributed by atoms with E-state index in [4.69, 9.17) is 0 Å². The summed E-state index contributed by atoms with van der Waals surface area (Å²) in [6, 6.07) is 6.95. The van der Waals surface area contributed by atoms with Gasteiger partial charge in [-0.15, -0.1) is 0 Å². The summed E-state index contributed by atoms with van der Waals surface area (Å²) in [4.78, 5) is 15.3. The van der Waals surface area contributed by atoms with E-state index in [0.29, 0.717) is 0 Å². The fraction of sp³-hybridized carbons (Fsp3) is 0.462. The average molecular weight is 240 g/mol. The number of carbonyl (C=O) groups is 1. The van der Waals surface area contributed by atoms with Crippen LogP contribution in [0.4, 0.5) is 0 Å². The molecule has 1 aromatic carbocycles. The number of nitrogens with zero attached hydrogens (tertiary/aromatic N) is 2. The Balaban J connectivity index is 0.00000162. The van der Waals surface area contributed by atoms with Crippen molar-refractivity contribution in [1.82, 2.24) is 9.80 Å². The number of benzene rings is 1. The van der Waals surface area contributed by atoms with Gasteiger partial charge < -0.3 is 14.8 Å². The molecule has 1 heterocycles. The third kappa shape index (κ3) is 4.15. The summed E-state index contributed by atoms with van der Waals surface area (Å²) in [6.45, 7) is 5.22. The van der Waals surface area contributed by atoms with Gasteiger partial charge in [0.2, 0.25) is 0 Å². The minimum Gasteiger partial charge on any atom is -0.545 e. The second-order valence-electron chi connectivity index (χ2n) is 4.56. The number of carboxylic acid groups (broad SMARTS) is 1. The van der Waals surface area contributed by atoms with Crippen molar-refractivity contribution < 1.29 is 28.8 Å². The van der Waals surface area contributed by atoms with Crippen molar-refractivity contribution in [3.8, 4) is 0 Å². The van der Waals surface area contributed by atoms with Gasteiger partial charge in [-0.25, -0.2) is 0 Å². The molecule has 0 bridgehead atoms. The molecule has 0 spiro atoms. The fourth-order valence-corrected chi connectivity index (χ4v) is 2.01. The summed E-state index contributed by atoms with van der Waals surface area (Å²) in [5, 5.41) is 10.6. The molecule has 0 radical (unpaired) electrons. The van der Waals surface area contributed by atoms with Gasteiger partial charge >= 0.3 is 18.9 Å². The van der Waals surface area contributed by atoms with Crippen LogP contribution in [0.25, 0.3) is 0 Å². The summed E-state index contributed by atoms with van der Waals surface area (Å²) in [6.07, 6.45) is 0. The monoisotopic (exact) mass is 240 g/mol. The summed E-state index contributed by atoms with van der Waals surface area (Å²) < 4.78 is 0. The molecule has 5 heteroatoms. The molecule has 18 heavy (non-hydrogen) atoms. The zero-order valence-electron chi connectivity index (χ0n) is 11.1. The Morgan fingerprint density at radius 2 is 1.72 bits per heavy atom. The van der Waals surface area contributed by atoms with Crippen LogP contribution in [0.5, 0.6) is 0 Å². The maximum Gasteiger partial charge on any atom is 1.00 e. The molecule has 0 N–H and O–H groups in total. The van der Waals surface area contributed by atoms with Crippen molar-refractivity contribution in [3.63, 3.8) is 0 Å². The molecule has 4 nitrogen and oxygen atoms in total. The smallest absolute Gasteiger partial charge is 0.545 e. The fourth-order valence-electron chi connectivity index (χ4n) is 2.01. The number of piperazine rings is 1. The van der Waals surface area contributed by atoms with Gasteiger partial charge in [-0.1, -0.05) is 24.3 Å². The Morgan fingerprint density at radius 1 is 1.17 bits per heavy atom. The van der Waals surface area contributed by atoms with Gasteiger partial charge in [0.1, 0.15) is 0 Å². The number of carbonyl (C=O) groups excluding carboxylic acids is 1. The number of carboxylic acids is 1. The number of likely N-dealkylation sites (N-methyl/N-ethyl adjacent to an activating group) is 1. The predicted octanol–water partition coefficient (Wildman–Crippen LogP) is -3.20. The summed E-state index contributed by atoms with van der Waals surface area (Å²) in [5.74, 6) is -1.11. The molecule has 0 atom stereocenters. The molecule has 0 aliphatic carbocycles. The predicted molar refractivity (Wildman–Crippen MR) is 63.5 cm³/mol. The number of aromatic carboxylic acids is 1.